The lowest BCUT2D eigenvalue weighted by molar-refractivity contribution is -0.139. The molecule has 3 aliphatic heterocycles. The number of nitrogens with one attached hydrogen (secondary N) is 1. The van der Waals surface area contributed by atoms with Crippen LogP contribution in [0.15, 0.2) is 42.5 Å². The van der Waals surface area contributed by atoms with Crippen LogP contribution in [0.25, 0.3) is 0 Å². The number of hydrogen-bond donors (Lipinski definition) is 1. The van der Waals surface area contributed by atoms with Crippen LogP contribution in [0, 0.1) is 6.92 Å². The van der Waals surface area contributed by atoms with Crippen LogP contribution in [0.2, 0.25) is 0 Å². The Kier molecular flexibility index (Phi) is 5.67. The zero-order chi connectivity index (χ0) is 23.9. The lowest BCUT2D eigenvalue weighted by atomic mass is 9.91. The van der Waals surface area contributed by atoms with E-state index in [-0.39, 0.29) is 18.5 Å². The summed E-state index contributed by atoms with van der Waals surface area (Å²) >= 11 is 0. The van der Waals surface area contributed by atoms with E-state index < -0.39 is 17.5 Å². The summed E-state index contributed by atoms with van der Waals surface area (Å²) in [5.41, 5.74) is 1.53. The highest BCUT2D eigenvalue weighted by atomic mass is 16.5. The van der Waals surface area contributed by atoms with Crippen LogP contribution in [-0.2, 0) is 15.1 Å². The van der Waals surface area contributed by atoms with Crippen molar-refractivity contribution in [2.24, 2.45) is 0 Å². The van der Waals surface area contributed by atoms with Crippen molar-refractivity contribution in [2.75, 3.05) is 26.3 Å². The molecular weight excluding hydrogens is 434 g/mol. The first-order valence-corrected chi connectivity index (χ1v) is 11.8. The monoisotopic (exact) mass is 463 g/mol. The quantitative estimate of drug-likeness (QED) is 0.703. The van der Waals surface area contributed by atoms with E-state index >= 15 is 0 Å². The minimum atomic E-state index is -1.19. The number of amides is 4. The summed E-state index contributed by atoms with van der Waals surface area (Å²) in [5.74, 6) is 0.747. The molecule has 34 heavy (non-hydrogen) atoms. The second-order valence-electron chi connectivity index (χ2n) is 9.31. The minimum absolute atomic E-state index is 0.131. The third kappa shape index (κ3) is 3.87. The molecule has 2 aromatic rings. The number of imide groups is 1. The molecule has 8 nitrogen and oxygen atoms in total. The number of aryl methyl sites for hydroxylation is 1. The van der Waals surface area contributed by atoms with E-state index in [1.54, 1.807) is 11.8 Å². The lowest BCUT2D eigenvalue weighted by Crippen LogP contribution is -2.44. The molecule has 2 aromatic carbocycles. The number of carbonyl (C=O) groups is 3. The number of carbonyl (C=O) groups excluding carboxylic acids is 3. The molecule has 0 bridgehead atoms. The van der Waals surface area contributed by atoms with E-state index in [1.807, 2.05) is 49.4 Å². The Labute approximate surface area is 198 Å². The van der Waals surface area contributed by atoms with Crippen molar-refractivity contribution in [3.05, 3.63) is 59.2 Å². The van der Waals surface area contributed by atoms with Crippen LogP contribution in [0.3, 0.4) is 0 Å². The largest absolute Gasteiger partial charge is 0.490 e. The SMILES string of the molecule is Cc1ccc([C@]2(C)NC(=O)N(CC(=O)N3CCC[C@H]3c3ccc4c(c3)OCCCO4)C2=O)cc1. The van der Waals surface area contributed by atoms with E-state index in [1.165, 1.54) is 0 Å². The maximum absolute atomic E-state index is 13.3. The summed E-state index contributed by atoms with van der Waals surface area (Å²) in [4.78, 5) is 42.1. The van der Waals surface area contributed by atoms with Crippen molar-refractivity contribution < 1.29 is 23.9 Å². The fourth-order valence-corrected chi connectivity index (χ4v) is 4.95. The van der Waals surface area contributed by atoms with E-state index in [9.17, 15) is 14.4 Å². The number of fused-ring (bicyclic) bond motifs is 1. The van der Waals surface area contributed by atoms with E-state index in [0.717, 1.165) is 35.3 Å². The smallest absolute Gasteiger partial charge is 0.325 e. The van der Waals surface area contributed by atoms with E-state index in [4.69, 9.17) is 9.47 Å². The highest BCUT2D eigenvalue weighted by Crippen LogP contribution is 2.38. The van der Waals surface area contributed by atoms with Gasteiger partial charge < -0.3 is 19.7 Å². The molecule has 2 atom stereocenters. The average Bonchev–Trinajstić information content (AvgIpc) is 3.30. The Morgan fingerprint density at radius 2 is 1.79 bits per heavy atom. The van der Waals surface area contributed by atoms with Gasteiger partial charge in [0.25, 0.3) is 5.91 Å². The van der Waals surface area contributed by atoms with Crippen LogP contribution in [0.1, 0.15) is 48.9 Å². The van der Waals surface area contributed by atoms with E-state index in [2.05, 4.69) is 5.32 Å². The lowest BCUT2D eigenvalue weighted by Gasteiger charge is -2.27. The first kappa shape index (κ1) is 22.3. The molecule has 1 N–H and O–H groups in total. The Morgan fingerprint density at radius 3 is 2.56 bits per heavy atom. The molecule has 5 rings (SSSR count). The second-order valence-corrected chi connectivity index (χ2v) is 9.31. The maximum Gasteiger partial charge on any atom is 0.325 e. The van der Waals surface area contributed by atoms with Gasteiger partial charge in [0.15, 0.2) is 11.5 Å². The molecule has 3 aliphatic rings. The summed E-state index contributed by atoms with van der Waals surface area (Å²) in [5, 5.41) is 2.78. The molecule has 0 aliphatic carbocycles. The molecule has 178 valence electrons. The van der Waals surface area contributed by atoms with E-state index in [0.29, 0.717) is 36.8 Å². The van der Waals surface area contributed by atoms with Crippen LogP contribution in [-0.4, -0.2) is 53.9 Å². The highest BCUT2D eigenvalue weighted by Gasteiger charge is 2.50. The fourth-order valence-electron chi connectivity index (χ4n) is 4.95. The number of ether oxygens (including phenoxy) is 2. The van der Waals surface area contributed by atoms with Gasteiger partial charge in [-0.25, -0.2) is 4.79 Å². The van der Waals surface area contributed by atoms with Crippen LogP contribution in [0.5, 0.6) is 11.5 Å². The molecule has 2 saturated heterocycles. The standard InChI is InChI=1S/C26H29N3O5/c1-17-6-9-19(10-7-17)26(2)24(31)29(25(32)27-26)16-23(30)28-12-3-5-20(28)18-8-11-21-22(15-18)34-14-4-13-33-21/h6-11,15,20H,3-5,12-14,16H2,1-2H3,(H,27,32)/t20-,26-/m0/s1. The van der Waals surface area contributed by atoms with Crippen molar-refractivity contribution >= 4 is 17.8 Å². The molecule has 0 spiro atoms. The summed E-state index contributed by atoms with van der Waals surface area (Å²) in [6, 6.07) is 12.6. The molecular formula is C26H29N3O5. The van der Waals surface area contributed by atoms with Gasteiger partial charge in [-0.05, 0) is 49.9 Å². The predicted octanol–water partition coefficient (Wildman–Crippen LogP) is 3.29. The molecule has 3 heterocycles. The fraction of sp³-hybridized carbons (Fsp3) is 0.423. The summed E-state index contributed by atoms with van der Waals surface area (Å²) in [7, 11) is 0. The maximum atomic E-state index is 13.3. The number of rotatable bonds is 4. The number of urea groups is 1. The zero-order valence-electron chi connectivity index (χ0n) is 19.5. The van der Waals surface area contributed by atoms with Gasteiger partial charge in [0.05, 0.1) is 19.3 Å². The molecule has 0 radical (unpaired) electrons. The van der Waals surface area contributed by atoms with Crippen molar-refractivity contribution in [3.8, 4) is 11.5 Å². The average molecular weight is 464 g/mol. The third-order valence-electron chi connectivity index (χ3n) is 6.93. The molecule has 0 saturated carbocycles. The highest BCUT2D eigenvalue weighted by molar-refractivity contribution is 6.09. The molecule has 0 unspecified atom stereocenters. The Morgan fingerprint density at radius 1 is 1.06 bits per heavy atom. The number of benzene rings is 2. The topological polar surface area (TPSA) is 88.2 Å². The van der Waals surface area contributed by atoms with Crippen molar-refractivity contribution in [2.45, 2.75) is 44.7 Å². The number of nitrogens with zero attached hydrogens (tertiary/aromatic N) is 2. The Hall–Kier alpha value is -3.55. The number of hydrogen-bond acceptors (Lipinski definition) is 5. The van der Waals surface area contributed by atoms with Crippen molar-refractivity contribution in [3.63, 3.8) is 0 Å². The van der Waals surface area contributed by atoms with Gasteiger partial charge in [-0.3, -0.25) is 14.5 Å². The van der Waals surface area contributed by atoms with Gasteiger partial charge in [0, 0.05) is 13.0 Å². The van der Waals surface area contributed by atoms with Crippen molar-refractivity contribution in [1.82, 2.24) is 15.1 Å². The van der Waals surface area contributed by atoms with Gasteiger partial charge in [-0.2, -0.15) is 0 Å². The van der Waals surface area contributed by atoms with Crippen LogP contribution < -0.4 is 14.8 Å². The first-order valence-electron chi connectivity index (χ1n) is 11.8. The molecule has 0 aromatic heterocycles. The molecule has 8 heteroatoms. The van der Waals surface area contributed by atoms with Gasteiger partial charge in [0.1, 0.15) is 12.1 Å². The normalized spacial score (nSPS) is 24.2. The van der Waals surface area contributed by atoms with Crippen LogP contribution in [0.4, 0.5) is 4.79 Å². The Balaban J connectivity index is 1.33. The van der Waals surface area contributed by atoms with Gasteiger partial charge in [-0.15, -0.1) is 0 Å². The van der Waals surface area contributed by atoms with Gasteiger partial charge in [-0.1, -0.05) is 35.9 Å². The zero-order valence-corrected chi connectivity index (χ0v) is 19.5. The summed E-state index contributed by atoms with van der Waals surface area (Å²) < 4.78 is 11.5. The Bertz CT molecular complexity index is 1130. The number of likely N-dealkylation sites (tertiary alicyclic amines) is 1. The molecule has 4 amide bonds. The van der Waals surface area contributed by atoms with Gasteiger partial charge >= 0.3 is 6.03 Å². The third-order valence-corrected chi connectivity index (χ3v) is 6.93. The predicted molar refractivity (Wildman–Crippen MR) is 125 cm³/mol. The first-order chi connectivity index (χ1) is 16.4. The summed E-state index contributed by atoms with van der Waals surface area (Å²) in [6.45, 7) is 5.15. The van der Waals surface area contributed by atoms with Gasteiger partial charge in [0.2, 0.25) is 5.91 Å². The second kappa shape index (κ2) is 8.66. The van der Waals surface area contributed by atoms with Crippen LogP contribution >= 0.6 is 0 Å². The molecule has 2 fully saturated rings. The van der Waals surface area contributed by atoms with Crippen molar-refractivity contribution in [1.29, 1.82) is 0 Å². The minimum Gasteiger partial charge on any atom is -0.490 e. The summed E-state index contributed by atoms with van der Waals surface area (Å²) in [6.07, 6.45) is 2.49.